The molecule has 176 valence electrons. The van der Waals surface area contributed by atoms with Gasteiger partial charge in [0.05, 0.1) is 12.7 Å². The van der Waals surface area contributed by atoms with Gasteiger partial charge in [0.1, 0.15) is 5.82 Å². The third-order valence-corrected chi connectivity index (χ3v) is 6.73. The fraction of sp³-hybridized carbons (Fsp3) is 0.333. The SMILES string of the molecule is CC(C)[C@@H]1CN(c2ccc(-c3cc(-c4ccc5c(c4)CCNC5=O)c(N)nc3F)cc2)CCO1. The van der Waals surface area contributed by atoms with E-state index in [4.69, 9.17) is 10.5 Å². The predicted octanol–water partition coefficient (Wildman–Crippen LogP) is 4.28. The summed E-state index contributed by atoms with van der Waals surface area (Å²) in [5, 5.41) is 2.85. The van der Waals surface area contributed by atoms with E-state index in [1.54, 1.807) is 12.1 Å². The van der Waals surface area contributed by atoms with Crippen LogP contribution in [0.25, 0.3) is 22.3 Å². The van der Waals surface area contributed by atoms with Crippen molar-refractivity contribution in [3.63, 3.8) is 0 Å². The third-order valence-electron chi connectivity index (χ3n) is 6.73. The number of nitrogens with zero attached hydrogens (tertiary/aromatic N) is 2. The monoisotopic (exact) mass is 460 g/mol. The van der Waals surface area contributed by atoms with Crippen molar-refractivity contribution in [1.82, 2.24) is 10.3 Å². The van der Waals surface area contributed by atoms with E-state index in [0.717, 1.165) is 41.9 Å². The average molecular weight is 461 g/mol. The lowest BCUT2D eigenvalue weighted by atomic mass is 9.94. The summed E-state index contributed by atoms with van der Waals surface area (Å²) in [6.45, 7) is 7.32. The molecule has 2 aliphatic heterocycles. The molecule has 7 heteroatoms. The molecule has 0 radical (unpaired) electrons. The lowest BCUT2D eigenvalue weighted by Crippen LogP contribution is -2.44. The van der Waals surface area contributed by atoms with E-state index in [1.807, 2.05) is 36.4 Å². The van der Waals surface area contributed by atoms with Crippen LogP contribution in [0.1, 0.15) is 29.8 Å². The summed E-state index contributed by atoms with van der Waals surface area (Å²) in [5.41, 5.74) is 11.4. The number of aromatic nitrogens is 1. The summed E-state index contributed by atoms with van der Waals surface area (Å²) in [4.78, 5) is 18.4. The molecule has 1 atom stereocenters. The highest BCUT2D eigenvalue weighted by Gasteiger charge is 2.24. The Morgan fingerprint density at radius 1 is 1.09 bits per heavy atom. The topological polar surface area (TPSA) is 80.5 Å². The zero-order valence-electron chi connectivity index (χ0n) is 19.5. The molecule has 0 aliphatic carbocycles. The van der Waals surface area contributed by atoms with Gasteiger partial charge in [0, 0.05) is 42.0 Å². The third kappa shape index (κ3) is 4.23. The van der Waals surface area contributed by atoms with Gasteiger partial charge in [-0.1, -0.05) is 38.1 Å². The van der Waals surface area contributed by atoms with Gasteiger partial charge >= 0.3 is 0 Å². The molecule has 0 spiro atoms. The van der Waals surface area contributed by atoms with Crippen molar-refractivity contribution in [2.75, 3.05) is 36.9 Å². The molecule has 6 nitrogen and oxygen atoms in total. The Balaban J connectivity index is 1.45. The normalized spacial score (nSPS) is 18.1. The molecule has 34 heavy (non-hydrogen) atoms. The van der Waals surface area contributed by atoms with E-state index in [-0.39, 0.29) is 17.8 Å². The first-order valence-electron chi connectivity index (χ1n) is 11.7. The van der Waals surface area contributed by atoms with Gasteiger partial charge in [-0.3, -0.25) is 4.79 Å². The summed E-state index contributed by atoms with van der Waals surface area (Å²) in [5.74, 6) is -0.0871. The van der Waals surface area contributed by atoms with E-state index < -0.39 is 5.95 Å². The number of carbonyl (C=O) groups excluding carboxylic acids is 1. The number of halogens is 1. The molecule has 3 N–H and O–H groups in total. The van der Waals surface area contributed by atoms with Gasteiger partial charge in [0.25, 0.3) is 5.91 Å². The maximum atomic E-state index is 14.9. The molecule has 0 bridgehead atoms. The highest BCUT2D eigenvalue weighted by Crippen LogP contribution is 2.34. The van der Waals surface area contributed by atoms with Crippen LogP contribution in [-0.2, 0) is 11.2 Å². The fourth-order valence-electron chi connectivity index (χ4n) is 4.70. The second-order valence-corrected chi connectivity index (χ2v) is 9.28. The molecular formula is C27H29FN4O2. The Labute approximate surface area is 198 Å². The van der Waals surface area contributed by atoms with Crippen LogP contribution in [0.2, 0.25) is 0 Å². The number of morpholine rings is 1. The Hall–Kier alpha value is -3.45. The van der Waals surface area contributed by atoms with Crippen molar-refractivity contribution in [2.24, 2.45) is 5.92 Å². The summed E-state index contributed by atoms with van der Waals surface area (Å²) < 4.78 is 20.8. The highest BCUT2D eigenvalue weighted by molar-refractivity contribution is 5.97. The van der Waals surface area contributed by atoms with Crippen LogP contribution in [0.5, 0.6) is 0 Å². The molecule has 3 heterocycles. The molecule has 5 rings (SSSR count). The lowest BCUT2D eigenvalue weighted by Gasteiger charge is -2.36. The van der Waals surface area contributed by atoms with Crippen LogP contribution in [0, 0.1) is 11.9 Å². The number of carbonyl (C=O) groups is 1. The van der Waals surface area contributed by atoms with Crippen LogP contribution in [-0.4, -0.2) is 43.2 Å². The van der Waals surface area contributed by atoms with Gasteiger partial charge in [-0.05, 0) is 53.3 Å². The van der Waals surface area contributed by atoms with Crippen LogP contribution in [0.15, 0.2) is 48.5 Å². The smallest absolute Gasteiger partial charge is 0.251 e. The van der Waals surface area contributed by atoms with Crippen molar-refractivity contribution < 1.29 is 13.9 Å². The van der Waals surface area contributed by atoms with Crippen molar-refractivity contribution in [3.8, 4) is 22.3 Å². The van der Waals surface area contributed by atoms with E-state index in [2.05, 4.69) is 29.0 Å². The van der Waals surface area contributed by atoms with Crippen LogP contribution >= 0.6 is 0 Å². The van der Waals surface area contributed by atoms with Gasteiger partial charge in [0.15, 0.2) is 0 Å². The number of fused-ring (bicyclic) bond motifs is 1. The molecule has 0 saturated carbocycles. The molecule has 3 aromatic rings. The zero-order valence-corrected chi connectivity index (χ0v) is 19.5. The molecule has 1 aromatic heterocycles. The maximum Gasteiger partial charge on any atom is 0.251 e. The number of anilines is 2. The molecule has 1 saturated heterocycles. The number of rotatable bonds is 4. The van der Waals surface area contributed by atoms with Crippen molar-refractivity contribution in [1.29, 1.82) is 0 Å². The summed E-state index contributed by atoms with van der Waals surface area (Å²) in [6, 6.07) is 15.2. The van der Waals surface area contributed by atoms with Crippen LogP contribution < -0.4 is 16.0 Å². The standard InChI is InChI=1S/C27H29FN4O2/c1-16(2)24-15-32(11-12-34-24)20-6-3-17(4-7-20)22-14-23(26(29)31-25(22)28)18-5-8-21-19(13-18)9-10-30-27(21)33/h3-8,13-14,16,24H,9-12,15H2,1-2H3,(H2,29,31)(H,30,33)/t24-/m0/s1. The minimum Gasteiger partial charge on any atom is -0.383 e. The molecule has 1 fully saturated rings. The first-order valence-corrected chi connectivity index (χ1v) is 11.7. The Bertz CT molecular complexity index is 1230. The number of pyridine rings is 1. The Kier molecular flexibility index (Phi) is 5.96. The first kappa shape index (κ1) is 22.3. The summed E-state index contributed by atoms with van der Waals surface area (Å²) in [7, 11) is 0. The van der Waals surface area contributed by atoms with Gasteiger partial charge < -0.3 is 20.7 Å². The highest BCUT2D eigenvalue weighted by atomic mass is 19.1. The van der Waals surface area contributed by atoms with Gasteiger partial charge in [0.2, 0.25) is 5.95 Å². The van der Waals surface area contributed by atoms with E-state index >= 15 is 0 Å². The molecular weight excluding hydrogens is 431 g/mol. The number of nitrogens with one attached hydrogen (secondary N) is 1. The number of nitrogen functional groups attached to an aromatic ring is 1. The second kappa shape index (κ2) is 9.06. The van der Waals surface area contributed by atoms with Crippen molar-refractivity contribution in [3.05, 3.63) is 65.6 Å². The minimum absolute atomic E-state index is 0.0706. The number of nitrogens with two attached hydrogens (primary N) is 1. The van der Waals surface area contributed by atoms with Gasteiger partial charge in [-0.2, -0.15) is 4.39 Å². The number of hydrogen-bond acceptors (Lipinski definition) is 5. The van der Waals surface area contributed by atoms with Crippen LogP contribution in [0.4, 0.5) is 15.9 Å². The second-order valence-electron chi connectivity index (χ2n) is 9.28. The maximum absolute atomic E-state index is 14.9. The first-order chi connectivity index (χ1) is 16.4. The Morgan fingerprint density at radius 3 is 2.62 bits per heavy atom. The van der Waals surface area contributed by atoms with Crippen molar-refractivity contribution >= 4 is 17.4 Å². The number of hydrogen-bond donors (Lipinski definition) is 2. The van der Waals surface area contributed by atoms with Crippen molar-refractivity contribution in [2.45, 2.75) is 26.4 Å². The van der Waals surface area contributed by atoms with Crippen LogP contribution in [0.3, 0.4) is 0 Å². The fourth-order valence-corrected chi connectivity index (χ4v) is 4.70. The van der Waals surface area contributed by atoms with E-state index in [9.17, 15) is 9.18 Å². The van der Waals surface area contributed by atoms with Gasteiger partial charge in [-0.25, -0.2) is 4.98 Å². The number of ether oxygens (including phenoxy) is 1. The quantitative estimate of drug-likeness (QED) is 0.568. The van der Waals surface area contributed by atoms with E-state index in [0.29, 0.717) is 35.8 Å². The molecule has 1 amide bonds. The van der Waals surface area contributed by atoms with E-state index in [1.165, 1.54) is 0 Å². The summed E-state index contributed by atoms with van der Waals surface area (Å²) in [6.07, 6.45) is 0.953. The minimum atomic E-state index is -0.599. The molecule has 2 aromatic carbocycles. The van der Waals surface area contributed by atoms with Gasteiger partial charge in [-0.15, -0.1) is 0 Å². The predicted molar refractivity (Wildman–Crippen MR) is 132 cm³/mol. The lowest BCUT2D eigenvalue weighted by molar-refractivity contribution is 0.0114. The zero-order chi connectivity index (χ0) is 23.8. The molecule has 0 unspecified atom stereocenters. The summed E-state index contributed by atoms with van der Waals surface area (Å²) >= 11 is 0. The number of benzene rings is 2. The largest absolute Gasteiger partial charge is 0.383 e. The Morgan fingerprint density at radius 2 is 1.85 bits per heavy atom. The average Bonchev–Trinajstić information content (AvgIpc) is 2.84. The number of amides is 1. The molecule has 2 aliphatic rings.